The number of benzene rings is 1. The number of fused-ring (bicyclic) bond motifs is 2. The molecule has 3 aromatic heterocycles. The van der Waals surface area contributed by atoms with Gasteiger partial charge in [0.1, 0.15) is 5.69 Å². The quantitative estimate of drug-likeness (QED) is 0.364. The first-order valence-corrected chi connectivity index (χ1v) is 10.9. The van der Waals surface area contributed by atoms with Gasteiger partial charge in [-0.05, 0) is 13.8 Å². The molecule has 5 rings (SSSR count). The van der Waals surface area contributed by atoms with Gasteiger partial charge in [0.25, 0.3) is 5.90 Å². The number of aromatic nitrogens is 7. The molecule has 1 aromatic carbocycles. The van der Waals surface area contributed by atoms with Gasteiger partial charge in [0.05, 0.1) is 13.2 Å². The smallest absolute Gasteiger partial charge is 0.258 e. The van der Waals surface area contributed by atoms with E-state index in [9.17, 15) is 0 Å². The summed E-state index contributed by atoms with van der Waals surface area (Å²) in [5.74, 6) is 2.43. The Morgan fingerprint density at radius 1 is 1.09 bits per heavy atom. The van der Waals surface area contributed by atoms with Crippen LogP contribution in [-0.2, 0) is 10.4 Å². The maximum atomic E-state index is 6.89. The monoisotopic (exact) mass is 450 g/mol. The number of hydrogen-bond donors (Lipinski definition) is 3. The molecule has 12 heteroatoms. The molecule has 0 spiro atoms. The Morgan fingerprint density at radius 2 is 1.85 bits per heavy atom. The fourth-order valence-electron chi connectivity index (χ4n) is 3.60. The number of ether oxygens (including phenoxy) is 2. The molecule has 0 radical (unpaired) electrons. The van der Waals surface area contributed by atoms with Crippen LogP contribution in [-0.4, -0.2) is 53.8 Å². The van der Waals surface area contributed by atoms with E-state index in [1.165, 1.54) is 4.79 Å². The first-order chi connectivity index (χ1) is 15.9. The molecule has 4 N–H and O–H groups in total. The highest BCUT2D eigenvalue weighted by molar-refractivity contribution is 5.93. The molecule has 0 aliphatic carbocycles. The first kappa shape index (κ1) is 20.9. The van der Waals surface area contributed by atoms with Crippen molar-refractivity contribution in [1.29, 1.82) is 0 Å². The van der Waals surface area contributed by atoms with Crippen LogP contribution in [0, 0.1) is 0 Å². The molecule has 1 unspecified atom stereocenters. The van der Waals surface area contributed by atoms with E-state index >= 15 is 0 Å². The fourth-order valence-corrected chi connectivity index (χ4v) is 3.60. The summed E-state index contributed by atoms with van der Waals surface area (Å²) in [4.78, 5) is 10.8. The lowest BCUT2D eigenvalue weighted by Gasteiger charge is -2.25. The van der Waals surface area contributed by atoms with Crippen molar-refractivity contribution in [3.8, 4) is 17.3 Å². The predicted octanol–water partition coefficient (Wildman–Crippen LogP) is 2.27. The van der Waals surface area contributed by atoms with Gasteiger partial charge < -0.3 is 14.8 Å². The molecule has 172 valence electrons. The number of rotatable bonds is 7. The Hall–Kier alpha value is -3.93. The Balaban J connectivity index is 1.61. The maximum absolute atomic E-state index is 6.89. The predicted molar refractivity (Wildman–Crippen MR) is 122 cm³/mol. The summed E-state index contributed by atoms with van der Waals surface area (Å²) in [7, 11) is 0. The number of hydrogen-bond acceptors (Lipinski definition) is 9. The van der Waals surface area contributed by atoms with Gasteiger partial charge in [0.15, 0.2) is 11.6 Å². The van der Waals surface area contributed by atoms with Crippen molar-refractivity contribution in [2.24, 2.45) is 10.8 Å². The van der Waals surface area contributed by atoms with E-state index in [2.05, 4.69) is 30.7 Å². The second-order valence-electron chi connectivity index (χ2n) is 7.89. The Kier molecular flexibility index (Phi) is 5.01. The summed E-state index contributed by atoms with van der Waals surface area (Å²) in [5, 5.41) is 19.9. The van der Waals surface area contributed by atoms with Crippen molar-refractivity contribution in [3.05, 3.63) is 42.0 Å². The van der Waals surface area contributed by atoms with Crippen LogP contribution in [0.25, 0.3) is 17.0 Å². The summed E-state index contributed by atoms with van der Waals surface area (Å²) in [6, 6.07) is 9.64. The zero-order valence-corrected chi connectivity index (χ0v) is 18.9. The van der Waals surface area contributed by atoms with Crippen LogP contribution < -0.4 is 15.8 Å². The van der Waals surface area contributed by atoms with Gasteiger partial charge in [0.2, 0.25) is 23.0 Å². The average molecular weight is 451 g/mol. The van der Waals surface area contributed by atoms with Crippen molar-refractivity contribution >= 4 is 17.2 Å². The van der Waals surface area contributed by atoms with Crippen LogP contribution >= 0.6 is 0 Å². The molecule has 0 fully saturated rings. The highest BCUT2D eigenvalue weighted by atomic mass is 16.5. The second-order valence-corrected chi connectivity index (χ2v) is 7.89. The number of nitrogens with zero attached hydrogens (tertiary/aromatic N) is 7. The van der Waals surface area contributed by atoms with Crippen molar-refractivity contribution in [3.63, 3.8) is 0 Å². The number of nitrogens with one attached hydrogen (secondary N) is 2. The summed E-state index contributed by atoms with van der Waals surface area (Å²) in [5.41, 5.74) is 7.41. The minimum atomic E-state index is -1.41. The van der Waals surface area contributed by atoms with E-state index in [4.69, 9.17) is 20.2 Å². The lowest BCUT2D eigenvalue weighted by Crippen LogP contribution is -2.51. The normalized spacial score (nSPS) is 17.5. The van der Waals surface area contributed by atoms with Gasteiger partial charge in [-0.3, -0.25) is 5.73 Å². The van der Waals surface area contributed by atoms with Crippen LogP contribution in [0.15, 0.2) is 35.4 Å². The summed E-state index contributed by atoms with van der Waals surface area (Å²) in [6.45, 7) is 8.62. The summed E-state index contributed by atoms with van der Waals surface area (Å²) < 4.78 is 13.1. The van der Waals surface area contributed by atoms with Crippen molar-refractivity contribution in [2.75, 3.05) is 18.5 Å². The standard InChI is InChI=1S/C21H26N10O2/c1-5-32-18-14(17-23-15(12(3)4)26-30(17)28-18)25-21(22)19-24-16(13-10-8-7-9-11-13)27-31(19)29-20(21)33-6-2/h7-12,25,28H,5-6,22H2,1-4H3. The third kappa shape index (κ3) is 3.39. The zero-order valence-electron chi connectivity index (χ0n) is 18.9. The highest BCUT2D eigenvalue weighted by Crippen LogP contribution is 2.35. The van der Waals surface area contributed by atoms with Crippen LogP contribution in [0.4, 0.5) is 5.69 Å². The number of nitrogens with two attached hydrogens (primary N) is 1. The third-order valence-corrected chi connectivity index (χ3v) is 5.19. The van der Waals surface area contributed by atoms with Gasteiger partial charge in [-0.1, -0.05) is 44.2 Å². The summed E-state index contributed by atoms with van der Waals surface area (Å²) in [6.07, 6.45) is 0. The van der Waals surface area contributed by atoms with E-state index in [1.807, 2.05) is 58.0 Å². The van der Waals surface area contributed by atoms with Crippen LogP contribution in [0.1, 0.15) is 45.3 Å². The minimum Gasteiger partial charge on any atom is -0.477 e. The molecular weight excluding hydrogens is 424 g/mol. The van der Waals surface area contributed by atoms with Gasteiger partial charge in [-0.15, -0.1) is 24.7 Å². The van der Waals surface area contributed by atoms with Crippen LogP contribution in [0.2, 0.25) is 0 Å². The molecule has 1 atom stereocenters. The number of anilines is 1. The molecule has 1 aliphatic rings. The molecule has 4 heterocycles. The Bertz CT molecular complexity index is 1320. The van der Waals surface area contributed by atoms with Crippen LogP contribution in [0.3, 0.4) is 0 Å². The molecule has 4 aromatic rings. The zero-order chi connectivity index (χ0) is 23.2. The van der Waals surface area contributed by atoms with E-state index in [0.717, 1.165) is 5.56 Å². The lowest BCUT2D eigenvalue weighted by atomic mass is 10.1. The molecule has 1 aliphatic heterocycles. The van der Waals surface area contributed by atoms with Gasteiger partial charge >= 0.3 is 0 Å². The van der Waals surface area contributed by atoms with Crippen molar-refractivity contribution < 1.29 is 9.47 Å². The molecule has 0 saturated heterocycles. The van der Waals surface area contributed by atoms with E-state index in [0.29, 0.717) is 47.9 Å². The largest absolute Gasteiger partial charge is 0.477 e. The highest BCUT2D eigenvalue weighted by Gasteiger charge is 2.47. The van der Waals surface area contributed by atoms with Gasteiger partial charge in [-0.25, -0.2) is 15.1 Å². The molecule has 0 saturated carbocycles. The van der Waals surface area contributed by atoms with E-state index < -0.39 is 5.66 Å². The van der Waals surface area contributed by atoms with E-state index in [1.54, 1.807) is 4.63 Å². The Morgan fingerprint density at radius 3 is 2.55 bits per heavy atom. The average Bonchev–Trinajstić information content (AvgIpc) is 3.53. The number of aromatic amines is 1. The SMILES string of the molecule is CCOC1=Nn2nc(-c3ccccc3)nc2C1(N)Nc1c(OCC)[nH]n2nc(C(C)C)nc12. The van der Waals surface area contributed by atoms with Gasteiger partial charge in [0, 0.05) is 11.5 Å². The third-order valence-electron chi connectivity index (χ3n) is 5.19. The minimum absolute atomic E-state index is 0.150. The van der Waals surface area contributed by atoms with Crippen molar-refractivity contribution in [2.45, 2.75) is 39.3 Å². The fraction of sp³-hybridized carbons (Fsp3) is 0.381. The lowest BCUT2D eigenvalue weighted by molar-refractivity contribution is 0.297. The van der Waals surface area contributed by atoms with Crippen molar-refractivity contribution in [1.82, 2.24) is 34.7 Å². The molecular formula is C21H26N10O2. The molecule has 0 bridgehead atoms. The first-order valence-electron chi connectivity index (χ1n) is 10.9. The number of H-pyrrole nitrogens is 1. The summed E-state index contributed by atoms with van der Waals surface area (Å²) >= 11 is 0. The molecule has 33 heavy (non-hydrogen) atoms. The Labute approximate surface area is 189 Å². The van der Waals surface area contributed by atoms with E-state index in [-0.39, 0.29) is 11.8 Å². The van der Waals surface area contributed by atoms with Gasteiger partial charge in [-0.2, -0.15) is 0 Å². The maximum Gasteiger partial charge on any atom is 0.258 e. The topological polar surface area (TPSA) is 146 Å². The molecule has 12 nitrogen and oxygen atoms in total. The second kappa shape index (κ2) is 7.89. The van der Waals surface area contributed by atoms with Crippen LogP contribution in [0.5, 0.6) is 5.88 Å². The molecule has 0 amide bonds.